The van der Waals surface area contributed by atoms with Crippen molar-refractivity contribution in [3.63, 3.8) is 0 Å². The third-order valence-corrected chi connectivity index (χ3v) is 2.82. The molecule has 1 aromatic heterocycles. The molecule has 0 radical (unpaired) electrons. The van der Waals surface area contributed by atoms with Crippen LogP contribution in [0.5, 0.6) is 0 Å². The summed E-state index contributed by atoms with van der Waals surface area (Å²) in [4.78, 5) is 21.6. The lowest BCUT2D eigenvalue weighted by Crippen LogP contribution is -2.14. The van der Waals surface area contributed by atoms with Gasteiger partial charge in [0.1, 0.15) is 5.82 Å². The van der Waals surface area contributed by atoms with Crippen molar-refractivity contribution in [1.29, 1.82) is 0 Å². The van der Waals surface area contributed by atoms with E-state index >= 15 is 0 Å². The molecule has 1 amide bonds. The Hall–Kier alpha value is -2.48. The van der Waals surface area contributed by atoms with E-state index in [0.29, 0.717) is 0 Å². The summed E-state index contributed by atoms with van der Waals surface area (Å²) >= 11 is 5.66. The molecule has 7 nitrogen and oxygen atoms in total. The molecule has 1 heterocycles. The number of nitro groups is 1. The van der Waals surface area contributed by atoms with Gasteiger partial charge in [0.15, 0.2) is 10.7 Å². The maximum absolute atomic E-state index is 13.5. The number of benzene rings is 1. The monoisotopic (exact) mass is 298 g/mol. The van der Waals surface area contributed by atoms with Gasteiger partial charge in [0, 0.05) is 0 Å². The second-order valence-corrected chi connectivity index (χ2v) is 4.31. The first-order valence-corrected chi connectivity index (χ1v) is 5.73. The van der Waals surface area contributed by atoms with Crippen LogP contribution in [0.1, 0.15) is 16.1 Å². The highest BCUT2D eigenvalue weighted by atomic mass is 35.5. The fraction of sp³-hybridized carbons (Fsp3) is 0.0909. The van der Waals surface area contributed by atoms with E-state index in [1.54, 1.807) is 6.92 Å². The van der Waals surface area contributed by atoms with E-state index in [0.717, 1.165) is 5.56 Å². The number of rotatable bonds is 3. The van der Waals surface area contributed by atoms with Crippen LogP contribution in [-0.4, -0.2) is 21.0 Å². The molecule has 2 N–H and O–H groups in total. The lowest BCUT2D eigenvalue weighted by atomic mass is 10.2. The number of H-pyrrole nitrogens is 1. The molecule has 0 unspecified atom stereocenters. The van der Waals surface area contributed by atoms with Crippen LogP contribution in [0.4, 0.5) is 15.9 Å². The van der Waals surface area contributed by atoms with Crippen LogP contribution < -0.4 is 5.32 Å². The zero-order chi connectivity index (χ0) is 14.9. The summed E-state index contributed by atoms with van der Waals surface area (Å²) in [7, 11) is 0. The largest absolute Gasteiger partial charge is 0.362 e. The molecule has 0 spiro atoms. The van der Waals surface area contributed by atoms with Crippen molar-refractivity contribution in [3.05, 3.63) is 50.4 Å². The van der Waals surface area contributed by atoms with Gasteiger partial charge in [0.25, 0.3) is 5.91 Å². The molecular weight excluding hydrogens is 291 g/mol. The highest BCUT2D eigenvalue weighted by molar-refractivity contribution is 6.35. The Labute approximate surface area is 116 Å². The summed E-state index contributed by atoms with van der Waals surface area (Å²) in [6.45, 7) is 1.72. The molecule has 2 rings (SSSR count). The highest BCUT2D eigenvalue weighted by Crippen LogP contribution is 2.26. The average Bonchev–Trinajstić information content (AvgIpc) is 2.76. The standard InChI is InChI=1S/C11H8ClFN4O3/c1-5-2-3-6(13)7(4-5)14-11(18)9-8(12)10(16-15-9)17(19)20/h2-4H,1H3,(H,14,18)(H,15,16). The van der Waals surface area contributed by atoms with Crippen LogP contribution in [0.2, 0.25) is 5.02 Å². The van der Waals surface area contributed by atoms with Gasteiger partial charge in [-0.15, -0.1) is 5.10 Å². The molecule has 1 aromatic carbocycles. The fourth-order valence-electron chi connectivity index (χ4n) is 1.51. The van der Waals surface area contributed by atoms with Gasteiger partial charge >= 0.3 is 5.82 Å². The zero-order valence-corrected chi connectivity index (χ0v) is 10.9. The minimum Gasteiger partial charge on any atom is -0.358 e. The molecule has 0 saturated carbocycles. The number of aromatic amines is 1. The van der Waals surface area contributed by atoms with Gasteiger partial charge in [-0.3, -0.25) is 4.79 Å². The van der Waals surface area contributed by atoms with Crippen molar-refractivity contribution in [2.24, 2.45) is 0 Å². The van der Waals surface area contributed by atoms with Crippen LogP contribution in [0.3, 0.4) is 0 Å². The van der Waals surface area contributed by atoms with E-state index in [9.17, 15) is 19.3 Å². The van der Waals surface area contributed by atoms with Crippen molar-refractivity contribution >= 4 is 29.0 Å². The smallest absolute Gasteiger partial charge is 0.358 e. The number of aryl methyl sites for hydroxylation is 1. The van der Waals surface area contributed by atoms with Crippen LogP contribution in [0.15, 0.2) is 18.2 Å². The number of anilines is 1. The third kappa shape index (κ3) is 2.59. The van der Waals surface area contributed by atoms with Gasteiger partial charge in [-0.2, -0.15) is 0 Å². The minimum absolute atomic E-state index is 0.0586. The number of aromatic nitrogens is 2. The van der Waals surface area contributed by atoms with Crippen molar-refractivity contribution in [2.75, 3.05) is 5.32 Å². The number of nitrogens with one attached hydrogen (secondary N) is 2. The van der Waals surface area contributed by atoms with E-state index in [1.165, 1.54) is 18.2 Å². The van der Waals surface area contributed by atoms with Crippen molar-refractivity contribution in [2.45, 2.75) is 6.92 Å². The molecule has 104 valence electrons. The first-order chi connectivity index (χ1) is 9.40. The summed E-state index contributed by atoms with van der Waals surface area (Å²) < 4.78 is 13.5. The molecule has 0 aliphatic carbocycles. The molecule has 9 heteroatoms. The normalized spacial score (nSPS) is 10.3. The average molecular weight is 299 g/mol. The fourth-order valence-corrected chi connectivity index (χ4v) is 1.75. The predicted molar refractivity (Wildman–Crippen MR) is 69.3 cm³/mol. The highest BCUT2D eigenvalue weighted by Gasteiger charge is 2.25. The van der Waals surface area contributed by atoms with Gasteiger partial charge in [-0.05, 0) is 29.5 Å². The van der Waals surface area contributed by atoms with E-state index < -0.39 is 27.5 Å². The molecule has 2 aromatic rings. The van der Waals surface area contributed by atoms with Gasteiger partial charge in [0.2, 0.25) is 0 Å². The van der Waals surface area contributed by atoms with Crippen LogP contribution in [0, 0.1) is 22.9 Å². The van der Waals surface area contributed by atoms with Crippen LogP contribution in [-0.2, 0) is 0 Å². The summed E-state index contributed by atoms with van der Waals surface area (Å²) in [6, 6.07) is 4.15. The number of hydrogen-bond acceptors (Lipinski definition) is 4. The Morgan fingerprint density at radius 1 is 1.55 bits per heavy atom. The van der Waals surface area contributed by atoms with Gasteiger partial charge in [-0.1, -0.05) is 22.8 Å². The van der Waals surface area contributed by atoms with Crippen molar-refractivity contribution < 1.29 is 14.1 Å². The summed E-state index contributed by atoms with van der Waals surface area (Å²) in [5.74, 6) is -2.07. The number of amides is 1. The predicted octanol–water partition coefficient (Wildman–Crippen LogP) is 2.67. The van der Waals surface area contributed by atoms with Crippen LogP contribution in [0.25, 0.3) is 0 Å². The number of hydrogen-bond donors (Lipinski definition) is 2. The van der Waals surface area contributed by atoms with E-state index in [4.69, 9.17) is 11.6 Å². The van der Waals surface area contributed by atoms with Crippen LogP contribution >= 0.6 is 11.6 Å². The van der Waals surface area contributed by atoms with E-state index in [1.807, 2.05) is 5.10 Å². The molecule has 20 heavy (non-hydrogen) atoms. The SMILES string of the molecule is Cc1ccc(F)c(NC(=O)c2n[nH]c([N+](=O)[O-])c2Cl)c1. The number of nitrogens with zero attached hydrogens (tertiary/aromatic N) is 2. The molecule has 0 fully saturated rings. The number of carbonyl (C=O) groups excluding carboxylic acids is 1. The lowest BCUT2D eigenvalue weighted by molar-refractivity contribution is -0.389. The van der Waals surface area contributed by atoms with Gasteiger partial charge in [0.05, 0.1) is 5.69 Å². The molecule has 0 atom stereocenters. The third-order valence-electron chi connectivity index (χ3n) is 2.46. The Bertz CT molecular complexity index is 701. The Kier molecular flexibility index (Phi) is 3.66. The summed E-state index contributed by atoms with van der Waals surface area (Å²) in [5, 5.41) is 17.9. The Morgan fingerprint density at radius 3 is 2.85 bits per heavy atom. The van der Waals surface area contributed by atoms with E-state index in [-0.39, 0.29) is 11.4 Å². The number of carbonyl (C=O) groups is 1. The minimum atomic E-state index is -0.844. The maximum atomic E-state index is 13.5. The quantitative estimate of drug-likeness (QED) is 0.672. The van der Waals surface area contributed by atoms with Gasteiger partial charge in [-0.25, -0.2) is 4.39 Å². The molecular formula is C11H8ClFN4O3. The molecule has 0 bridgehead atoms. The maximum Gasteiger partial charge on any atom is 0.362 e. The first kappa shape index (κ1) is 13.9. The second-order valence-electron chi connectivity index (χ2n) is 3.93. The Morgan fingerprint density at radius 2 is 2.25 bits per heavy atom. The van der Waals surface area contributed by atoms with E-state index in [2.05, 4.69) is 10.4 Å². The second kappa shape index (κ2) is 5.25. The Balaban J connectivity index is 2.29. The summed E-state index contributed by atoms with van der Waals surface area (Å²) in [5.41, 5.74) is 0.303. The summed E-state index contributed by atoms with van der Waals surface area (Å²) in [6.07, 6.45) is 0. The molecule has 0 aliphatic rings. The van der Waals surface area contributed by atoms with Crippen molar-refractivity contribution in [3.8, 4) is 0 Å². The zero-order valence-electron chi connectivity index (χ0n) is 10.1. The van der Waals surface area contributed by atoms with Gasteiger partial charge < -0.3 is 15.4 Å². The topological polar surface area (TPSA) is 101 Å². The lowest BCUT2D eigenvalue weighted by Gasteiger charge is -2.05. The number of halogens is 2. The molecule has 0 saturated heterocycles. The first-order valence-electron chi connectivity index (χ1n) is 5.36. The molecule has 0 aliphatic heterocycles. The van der Waals surface area contributed by atoms with Crippen molar-refractivity contribution in [1.82, 2.24) is 10.2 Å².